The van der Waals surface area contributed by atoms with Gasteiger partial charge in [-0.05, 0) is 18.2 Å². The highest BCUT2D eigenvalue weighted by molar-refractivity contribution is 8.00. The Morgan fingerprint density at radius 2 is 1.84 bits per heavy atom. The molecule has 0 N–H and O–H groups in total. The molecule has 1 amide bonds. The van der Waals surface area contributed by atoms with E-state index in [4.69, 9.17) is 20.0 Å². The van der Waals surface area contributed by atoms with Crippen LogP contribution in [0, 0.1) is 11.3 Å². The van der Waals surface area contributed by atoms with E-state index in [0.29, 0.717) is 13.1 Å². The number of nitriles is 1. The van der Waals surface area contributed by atoms with E-state index in [0.717, 1.165) is 53.7 Å². The molecule has 0 spiro atoms. The lowest BCUT2D eigenvalue weighted by Crippen LogP contribution is -2.36. The van der Waals surface area contributed by atoms with Gasteiger partial charge < -0.3 is 9.64 Å². The Balaban J connectivity index is 1.53. The molecule has 1 aliphatic rings. The first-order chi connectivity index (χ1) is 15.7. The zero-order valence-electron chi connectivity index (χ0n) is 17.8. The summed E-state index contributed by atoms with van der Waals surface area (Å²) in [6, 6.07) is 19.5. The maximum atomic E-state index is 13.1. The van der Waals surface area contributed by atoms with Gasteiger partial charge in [-0.1, -0.05) is 48.2 Å². The number of thioether (sulfide) groups is 1. The second kappa shape index (κ2) is 11.0. The van der Waals surface area contributed by atoms with Crippen molar-refractivity contribution in [1.82, 2.24) is 14.9 Å². The zero-order valence-corrected chi connectivity index (χ0v) is 18.6. The number of benzene rings is 2. The molecule has 1 saturated heterocycles. The highest BCUT2D eigenvalue weighted by Gasteiger charge is 2.18. The van der Waals surface area contributed by atoms with Crippen LogP contribution in [0.15, 0.2) is 59.6 Å². The van der Waals surface area contributed by atoms with E-state index in [1.807, 2.05) is 54.6 Å². The van der Waals surface area contributed by atoms with E-state index in [1.54, 1.807) is 4.90 Å². The number of para-hydroxylation sites is 2. The first kappa shape index (κ1) is 22.2. The van der Waals surface area contributed by atoms with Crippen LogP contribution >= 0.6 is 11.8 Å². The largest absolute Gasteiger partial charge is 0.379 e. The molecule has 0 atom stereocenters. The average Bonchev–Trinajstić information content (AvgIpc) is 2.84. The zero-order chi connectivity index (χ0) is 22.2. The normalized spacial score (nSPS) is 14.2. The minimum absolute atomic E-state index is 0.0473. The number of carbonyl (C=O) groups is 1. The summed E-state index contributed by atoms with van der Waals surface area (Å²) in [5, 5.41) is 10.8. The third kappa shape index (κ3) is 5.62. The number of hydrogen-bond acceptors (Lipinski definition) is 7. The number of morpholine rings is 1. The van der Waals surface area contributed by atoms with E-state index in [2.05, 4.69) is 11.0 Å². The molecule has 2 aromatic carbocycles. The molecule has 32 heavy (non-hydrogen) atoms. The van der Waals surface area contributed by atoms with Gasteiger partial charge in [-0.2, -0.15) is 5.26 Å². The quantitative estimate of drug-likeness (QED) is 0.386. The van der Waals surface area contributed by atoms with Gasteiger partial charge >= 0.3 is 0 Å². The summed E-state index contributed by atoms with van der Waals surface area (Å²) in [6.07, 6.45) is 0.283. The summed E-state index contributed by atoms with van der Waals surface area (Å²) in [7, 11) is 0. The van der Waals surface area contributed by atoms with Crippen LogP contribution in [0.25, 0.3) is 10.9 Å². The highest BCUT2D eigenvalue weighted by atomic mass is 32.2. The number of fused-ring (bicyclic) bond motifs is 1. The molecule has 0 aliphatic carbocycles. The SMILES string of the molecule is N#CCCN(C(=O)CSc1nc(CN2CCOCC2)nc2ccccc12)c1ccccc1. The molecule has 4 rings (SSSR count). The smallest absolute Gasteiger partial charge is 0.237 e. The molecular weight excluding hydrogens is 422 g/mol. The second-order valence-corrected chi connectivity index (χ2v) is 8.39. The van der Waals surface area contributed by atoms with Gasteiger partial charge in [0.25, 0.3) is 0 Å². The number of amides is 1. The van der Waals surface area contributed by atoms with Gasteiger partial charge in [-0.25, -0.2) is 9.97 Å². The van der Waals surface area contributed by atoms with Crippen molar-refractivity contribution in [3.8, 4) is 6.07 Å². The number of nitrogens with zero attached hydrogens (tertiary/aromatic N) is 5. The number of aromatic nitrogens is 2. The summed E-state index contributed by atoms with van der Waals surface area (Å²) < 4.78 is 5.43. The molecule has 0 bridgehead atoms. The lowest BCUT2D eigenvalue weighted by atomic mass is 10.2. The fourth-order valence-corrected chi connectivity index (χ4v) is 4.52. The van der Waals surface area contributed by atoms with Crippen molar-refractivity contribution in [2.75, 3.05) is 43.5 Å². The first-order valence-corrected chi connectivity index (χ1v) is 11.6. The first-order valence-electron chi connectivity index (χ1n) is 10.7. The standard InChI is InChI=1S/C24H25N5O2S/c25-11-6-12-29(19-7-2-1-3-8-19)23(30)18-32-24-20-9-4-5-10-21(20)26-22(27-24)17-28-13-15-31-16-14-28/h1-5,7-10H,6,12-18H2. The number of rotatable bonds is 8. The van der Waals surface area contributed by atoms with Gasteiger partial charge in [0.05, 0.1) is 43.5 Å². The topological polar surface area (TPSA) is 82.4 Å². The summed E-state index contributed by atoms with van der Waals surface area (Å²) >= 11 is 1.42. The van der Waals surface area contributed by atoms with Gasteiger partial charge in [0.1, 0.15) is 10.9 Å². The Morgan fingerprint density at radius 3 is 2.62 bits per heavy atom. The van der Waals surface area contributed by atoms with Crippen LogP contribution in [0.4, 0.5) is 5.69 Å². The van der Waals surface area contributed by atoms with Crippen LogP contribution in [-0.4, -0.2) is 59.4 Å². The highest BCUT2D eigenvalue weighted by Crippen LogP contribution is 2.27. The summed E-state index contributed by atoms with van der Waals surface area (Å²) in [6.45, 7) is 4.20. The lowest BCUT2D eigenvalue weighted by Gasteiger charge is -2.26. The maximum absolute atomic E-state index is 13.1. The Bertz CT molecular complexity index is 1100. The predicted octanol–water partition coefficient (Wildman–Crippen LogP) is 3.50. The van der Waals surface area contributed by atoms with Crippen LogP contribution in [-0.2, 0) is 16.1 Å². The predicted molar refractivity (Wildman–Crippen MR) is 125 cm³/mol. The van der Waals surface area contributed by atoms with Gasteiger partial charge in [0, 0.05) is 30.7 Å². The minimum Gasteiger partial charge on any atom is -0.379 e. The molecular formula is C24H25N5O2S. The molecule has 0 radical (unpaired) electrons. The summed E-state index contributed by atoms with van der Waals surface area (Å²) in [4.78, 5) is 26.6. The van der Waals surface area contributed by atoms with Gasteiger partial charge in [-0.3, -0.25) is 9.69 Å². The van der Waals surface area contributed by atoms with Gasteiger partial charge in [-0.15, -0.1) is 0 Å². The molecule has 3 aromatic rings. The number of anilines is 1. The molecule has 1 aromatic heterocycles. The van der Waals surface area contributed by atoms with E-state index in [9.17, 15) is 4.79 Å². The number of ether oxygens (including phenoxy) is 1. The molecule has 8 heteroatoms. The van der Waals surface area contributed by atoms with Crippen molar-refractivity contribution in [3.05, 3.63) is 60.4 Å². The summed E-state index contributed by atoms with van der Waals surface area (Å²) in [5.41, 5.74) is 1.68. The maximum Gasteiger partial charge on any atom is 0.237 e. The summed E-state index contributed by atoms with van der Waals surface area (Å²) in [5.74, 6) is 0.942. The Kier molecular flexibility index (Phi) is 7.67. The molecule has 0 saturated carbocycles. The van der Waals surface area contributed by atoms with Gasteiger partial charge in [0.15, 0.2) is 0 Å². The van der Waals surface area contributed by atoms with Crippen LogP contribution < -0.4 is 4.90 Å². The Morgan fingerprint density at radius 1 is 1.09 bits per heavy atom. The van der Waals surface area contributed by atoms with Crippen LogP contribution in [0.3, 0.4) is 0 Å². The van der Waals surface area contributed by atoms with Crippen molar-refractivity contribution in [2.45, 2.75) is 18.0 Å². The van der Waals surface area contributed by atoms with Crippen LogP contribution in [0.5, 0.6) is 0 Å². The van der Waals surface area contributed by atoms with E-state index >= 15 is 0 Å². The molecule has 1 fully saturated rings. The fraction of sp³-hybridized carbons (Fsp3) is 0.333. The monoisotopic (exact) mass is 447 g/mol. The van der Waals surface area contributed by atoms with Crippen LogP contribution in [0.1, 0.15) is 12.2 Å². The number of carbonyl (C=O) groups excluding carboxylic acids is 1. The van der Waals surface area contributed by atoms with E-state index in [1.165, 1.54) is 11.8 Å². The van der Waals surface area contributed by atoms with Crippen LogP contribution in [0.2, 0.25) is 0 Å². The van der Waals surface area contributed by atoms with Gasteiger partial charge in [0.2, 0.25) is 5.91 Å². The van der Waals surface area contributed by atoms with Crippen molar-refractivity contribution < 1.29 is 9.53 Å². The second-order valence-electron chi connectivity index (χ2n) is 7.43. The minimum atomic E-state index is -0.0473. The Labute approximate surface area is 192 Å². The molecule has 0 unspecified atom stereocenters. The third-order valence-electron chi connectivity index (χ3n) is 5.23. The average molecular weight is 448 g/mol. The molecule has 7 nitrogen and oxygen atoms in total. The van der Waals surface area contributed by atoms with E-state index in [-0.39, 0.29) is 18.1 Å². The molecule has 1 aliphatic heterocycles. The molecule has 164 valence electrons. The fourth-order valence-electron chi connectivity index (χ4n) is 3.61. The molecule has 2 heterocycles. The third-order valence-corrected chi connectivity index (χ3v) is 6.21. The van der Waals surface area contributed by atoms with Crippen molar-refractivity contribution in [1.29, 1.82) is 5.26 Å². The Hall–Kier alpha value is -2.99. The number of hydrogen-bond donors (Lipinski definition) is 0. The van der Waals surface area contributed by atoms with Crippen molar-refractivity contribution in [2.24, 2.45) is 0 Å². The lowest BCUT2D eigenvalue weighted by molar-refractivity contribution is -0.116. The van der Waals surface area contributed by atoms with E-state index < -0.39 is 0 Å². The van der Waals surface area contributed by atoms with Crippen molar-refractivity contribution >= 4 is 34.3 Å². The van der Waals surface area contributed by atoms with Crippen molar-refractivity contribution in [3.63, 3.8) is 0 Å².